The van der Waals surface area contributed by atoms with Crippen molar-refractivity contribution in [2.45, 2.75) is 6.42 Å². The number of aromatic nitrogens is 1. The Morgan fingerprint density at radius 2 is 1.67 bits per heavy atom. The number of hydrogen-bond donors (Lipinski definition) is 0. The van der Waals surface area contributed by atoms with Gasteiger partial charge in [-0.25, -0.2) is 0 Å². The van der Waals surface area contributed by atoms with E-state index >= 15 is 0 Å². The van der Waals surface area contributed by atoms with Crippen LogP contribution in [-0.2, 0) is 6.42 Å². The zero-order valence-corrected chi connectivity index (χ0v) is 11.4. The second-order valence-corrected chi connectivity index (χ2v) is 4.79. The molecule has 0 unspecified atom stereocenters. The molecule has 0 aliphatic heterocycles. The highest BCUT2D eigenvalue weighted by Crippen LogP contribution is 2.37. The highest BCUT2D eigenvalue weighted by atomic mass is 35.5. The Labute approximate surface area is 120 Å². The molecule has 2 rings (SSSR count). The van der Waals surface area contributed by atoms with Gasteiger partial charge in [0.1, 0.15) is 0 Å². The van der Waals surface area contributed by atoms with Crippen LogP contribution in [-0.4, -0.2) is 4.98 Å². The first-order chi connectivity index (χ1) is 8.63. The Balaban J connectivity index is 2.63. The van der Waals surface area contributed by atoms with Gasteiger partial charge in [0.05, 0.1) is 38.9 Å². The van der Waals surface area contributed by atoms with E-state index in [2.05, 4.69) is 4.98 Å². The minimum atomic E-state index is 0.215. The fraction of sp³-hybridized carbons (Fsp3) is 0.0769. The Bertz CT molecular complexity index is 612. The Kier molecular flexibility index (Phi) is 4.08. The monoisotopic (exact) mass is 296 g/mol. The van der Waals surface area contributed by atoms with Crippen molar-refractivity contribution in [3.05, 3.63) is 51.1 Å². The summed E-state index contributed by atoms with van der Waals surface area (Å²) in [7, 11) is 0. The van der Waals surface area contributed by atoms with E-state index < -0.39 is 0 Å². The highest BCUT2D eigenvalue weighted by Gasteiger charge is 2.13. The van der Waals surface area contributed by atoms with Crippen molar-refractivity contribution < 1.29 is 0 Å². The molecule has 0 saturated carbocycles. The van der Waals surface area contributed by atoms with Gasteiger partial charge in [-0.1, -0.05) is 40.9 Å². The van der Waals surface area contributed by atoms with Gasteiger partial charge < -0.3 is 0 Å². The van der Waals surface area contributed by atoms with Crippen LogP contribution in [0.3, 0.4) is 0 Å². The van der Waals surface area contributed by atoms with E-state index in [0.717, 1.165) is 0 Å². The standard InChI is InChI=1S/C13H7Cl3N2/c14-9-2-1-3-10(15)12(9)13-11(16)5-4-8(18-13)6-7-17/h1-5H,6H2. The lowest BCUT2D eigenvalue weighted by atomic mass is 10.1. The third kappa shape index (κ3) is 2.59. The highest BCUT2D eigenvalue weighted by molar-refractivity contribution is 6.40. The van der Waals surface area contributed by atoms with Gasteiger partial charge in [-0.05, 0) is 24.3 Å². The quantitative estimate of drug-likeness (QED) is 0.800. The van der Waals surface area contributed by atoms with Gasteiger partial charge in [-0.15, -0.1) is 0 Å². The van der Waals surface area contributed by atoms with Gasteiger partial charge in [0, 0.05) is 5.56 Å². The van der Waals surface area contributed by atoms with Crippen molar-refractivity contribution in [2.24, 2.45) is 0 Å². The van der Waals surface area contributed by atoms with Crippen LogP contribution in [0.4, 0.5) is 0 Å². The van der Waals surface area contributed by atoms with Crippen LogP contribution in [0.5, 0.6) is 0 Å². The number of nitriles is 1. The molecule has 0 radical (unpaired) electrons. The van der Waals surface area contributed by atoms with Gasteiger partial charge >= 0.3 is 0 Å². The molecule has 0 bridgehead atoms. The lowest BCUT2D eigenvalue weighted by molar-refractivity contribution is 1.12. The summed E-state index contributed by atoms with van der Waals surface area (Å²) < 4.78 is 0. The van der Waals surface area contributed by atoms with Gasteiger partial charge in [-0.3, -0.25) is 4.98 Å². The Morgan fingerprint density at radius 1 is 1.00 bits per heavy atom. The molecular formula is C13H7Cl3N2. The molecule has 2 nitrogen and oxygen atoms in total. The topological polar surface area (TPSA) is 36.7 Å². The summed E-state index contributed by atoms with van der Waals surface area (Å²) in [6.45, 7) is 0. The first kappa shape index (κ1) is 13.2. The molecule has 1 aromatic carbocycles. The molecule has 18 heavy (non-hydrogen) atoms. The zero-order valence-electron chi connectivity index (χ0n) is 9.12. The van der Waals surface area contributed by atoms with Crippen LogP contribution < -0.4 is 0 Å². The van der Waals surface area contributed by atoms with E-state index in [1.54, 1.807) is 30.3 Å². The largest absolute Gasteiger partial charge is 0.250 e. The summed E-state index contributed by atoms with van der Waals surface area (Å²) in [6.07, 6.45) is 0.215. The maximum Gasteiger partial charge on any atom is 0.0921 e. The molecule has 0 saturated heterocycles. The van der Waals surface area contributed by atoms with E-state index in [0.29, 0.717) is 32.0 Å². The van der Waals surface area contributed by atoms with E-state index in [-0.39, 0.29) is 6.42 Å². The first-order valence-corrected chi connectivity index (χ1v) is 6.23. The summed E-state index contributed by atoms with van der Waals surface area (Å²) >= 11 is 18.3. The summed E-state index contributed by atoms with van der Waals surface area (Å²) in [4.78, 5) is 4.33. The lowest BCUT2D eigenvalue weighted by Crippen LogP contribution is -1.93. The fourth-order valence-corrected chi connectivity index (χ4v) is 2.34. The molecule has 0 aliphatic carbocycles. The molecule has 0 amide bonds. The number of hydrogen-bond acceptors (Lipinski definition) is 2. The smallest absolute Gasteiger partial charge is 0.0921 e. The number of nitrogens with zero attached hydrogens (tertiary/aromatic N) is 2. The van der Waals surface area contributed by atoms with Crippen molar-refractivity contribution in [3.63, 3.8) is 0 Å². The molecular weight excluding hydrogens is 291 g/mol. The molecule has 1 heterocycles. The lowest BCUT2D eigenvalue weighted by Gasteiger charge is -2.09. The second-order valence-electron chi connectivity index (χ2n) is 3.56. The van der Waals surface area contributed by atoms with Crippen molar-refractivity contribution in [1.82, 2.24) is 4.98 Å². The van der Waals surface area contributed by atoms with E-state index in [1.165, 1.54) is 0 Å². The SMILES string of the molecule is N#CCc1ccc(Cl)c(-c2c(Cl)cccc2Cl)n1. The first-order valence-electron chi connectivity index (χ1n) is 5.10. The summed E-state index contributed by atoms with van der Waals surface area (Å²) in [6, 6.07) is 10.6. The fourth-order valence-electron chi connectivity index (χ4n) is 1.56. The minimum Gasteiger partial charge on any atom is -0.250 e. The predicted molar refractivity (Wildman–Crippen MR) is 74.0 cm³/mol. The maximum atomic E-state index is 8.68. The van der Waals surface area contributed by atoms with Crippen molar-refractivity contribution in [1.29, 1.82) is 5.26 Å². The van der Waals surface area contributed by atoms with Crippen molar-refractivity contribution in [3.8, 4) is 17.3 Å². The minimum absolute atomic E-state index is 0.215. The normalized spacial score (nSPS) is 10.1. The molecule has 0 fully saturated rings. The predicted octanol–water partition coefficient (Wildman–Crippen LogP) is 4.77. The van der Waals surface area contributed by atoms with Gasteiger partial charge in [-0.2, -0.15) is 5.26 Å². The van der Waals surface area contributed by atoms with Gasteiger partial charge in [0.2, 0.25) is 0 Å². The molecule has 2 aromatic rings. The third-order valence-corrected chi connectivity index (χ3v) is 3.30. The average molecular weight is 298 g/mol. The van der Waals surface area contributed by atoms with Crippen LogP contribution in [0.25, 0.3) is 11.3 Å². The van der Waals surface area contributed by atoms with Crippen LogP contribution in [0, 0.1) is 11.3 Å². The molecule has 1 aromatic heterocycles. The van der Waals surface area contributed by atoms with Crippen LogP contribution in [0.2, 0.25) is 15.1 Å². The number of rotatable bonds is 2. The average Bonchev–Trinajstić information content (AvgIpc) is 2.33. The summed E-state index contributed by atoms with van der Waals surface area (Å²) in [5, 5.41) is 10.1. The molecule has 90 valence electrons. The van der Waals surface area contributed by atoms with E-state index in [9.17, 15) is 0 Å². The maximum absolute atomic E-state index is 8.68. The van der Waals surface area contributed by atoms with Gasteiger partial charge in [0.25, 0.3) is 0 Å². The summed E-state index contributed by atoms with van der Waals surface area (Å²) in [5.74, 6) is 0. The summed E-state index contributed by atoms with van der Waals surface area (Å²) in [5.41, 5.74) is 1.72. The number of pyridine rings is 1. The van der Waals surface area contributed by atoms with E-state index in [1.807, 2.05) is 6.07 Å². The molecule has 0 aliphatic rings. The molecule has 0 N–H and O–H groups in total. The molecule has 0 atom stereocenters. The van der Waals surface area contributed by atoms with Gasteiger partial charge in [0.15, 0.2) is 0 Å². The molecule has 5 heteroatoms. The van der Waals surface area contributed by atoms with Crippen LogP contribution in [0.1, 0.15) is 5.69 Å². The van der Waals surface area contributed by atoms with Crippen molar-refractivity contribution in [2.75, 3.05) is 0 Å². The third-order valence-electron chi connectivity index (χ3n) is 2.36. The number of halogens is 3. The van der Waals surface area contributed by atoms with Crippen LogP contribution in [0.15, 0.2) is 30.3 Å². The Hall–Kier alpha value is -1.27. The van der Waals surface area contributed by atoms with E-state index in [4.69, 9.17) is 40.1 Å². The zero-order chi connectivity index (χ0) is 13.1. The van der Waals surface area contributed by atoms with Crippen molar-refractivity contribution >= 4 is 34.8 Å². The second kappa shape index (κ2) is 5.58. The number of benzene rings is 1. The Morgan fingerprint density at radius 3 is 2.28 bits per heavy atom. The molecule has 0 spiro atoms. The van der Waals surface area contributed by atoms with Crippen LogP contribution >= 0.6 is 34.8 Å².